The van der Waals surface area contributed by atoms with E-state index in [2.05, 4.69) is 5.10 Å². The predicted molar refractivity (Wildman–Crippen MR) is 88.8 cm³/mol. The number of carboxylic acid groups (broad SMARTS) is 1. The predicted octanol–water partition coefficient (Wildman–Crippen LogP) is 3.01. The van der Waals surface area contributed by atoms with Crippen LogP contribution in [0.4, 0.5) is 0 Å². The van der Waals surface area contributed by atoms with Crippen LogP contribution in [-0.4, -0.2) is 33.9 Å². The average molecular weight is 345 g/mol. The van der Waals surface area contributed by atoms with E-state index in [1.165, 1.54) is 11.8 Å². The summed E-state index contributed by atoms with van der Waals surface area (Å²) in [5, 5.41) is 14.4. The molecule has 0 bridgehead atoms. The van der Waals surface area contributed by atoms with E-state index in [9.17, 15) is 9.59 Å². The van der Waals surface area contributed by atoms with Gasteiger partial charge in [-0.25, -0.2) is 0 Å². The lowest BCUT2D eigenvalue weighted by Gasteiger charge is -2.03. The quantitative estimate of drug-likeness (QED) is 0.786. The van der Waals surface area contributed by atoms with Crippen molar-refractivity contribution in [2.24, 2.45) is 0 Å². The Morgan fingerprint density at radius 2 is 1.92 bits per heavy atom. The summed E-state index contributed by atoms with van der Waals surface area (Å²) in [7, 11) is 1.52. The Bertz CT molecular complexity index is 932. The summed E-state index contributed by atoms with van der Waals surface area (Å²) in [5.41, 5.74) is 1.23. The van der Waals surface area contributed by atoms with Crippen molar-refractivity contribution in [3.63, 3.8) is 0 Å². The van der Waals surface area contributed by atoms with Crippen molar-refractivity contribution < 1.29 is 19.4 Å². The summed E-state index contributed by atoms with van der Waals surface area (Å²) in [6.45, 7) is 0. The second-order valence-electron chi connectivity index (χ2n) is 5.12. The minimum atomic E-state index is -1.02. The number of aliphatic carboxylic acids is 1. The summed E-state index contributed by atoms with van der Waals surface area (Å²) in [5.74, 6) is -0.825. The molecule has 3 rings (SSSR count). The first-order chi connectivity index (χ1) is 11.5. The van der Waals surface area contributed by atoms with Gasteiger partial charge in [0.25, 0.3) is 5.91 Å². The lowest BCUT2D eigenvalue weighted by Crippen LogP contribution is -2.14. The Morgan fingerprint density at radius 3 is 2.54 bits per heavy atom. The molecule has 0 aliphatic rings. The van der Waals surface area contributed by atoms with Gasteiger partial charge in [-0.1, -0.05) is 11.6 Å². The molecule has 0 unspecified atom stereocenters. The molecule has 0 aliphatic heterocycles. The van der Waals surface area contributed by atoms with Gasteiger partial charge in [0, 0.05) is 16.0 Å². The highest BCUT2D eigenvalue weighted by molar-refractivity contribution is 6.30. The molecule has 0 atom stereocenters. The maximum atomic E-state index is 12.7. The number of fused-ring (bicyclic) bond motifs is 1. The lowest BCUT2D eigenvalue weighted by molar-refractivity contribution is -0.136. The van der Waals surface area contributed by atoms with Crippen LogP contribution in [-0.2, 0) is 11.2 Å². The molecule has 0 aliphatic carbocycles. The van der Waals surface area contributed by atoms with E-state index < -0.39 is 5.97 Å². The summed E-state index contributed by atoms with van der Waals surface area (Å²) in [6, 6.07) is 11.5. The first kappa shape index (κ1) is 16.0. The van der Waals surface area contributed by atoms with Gasteiger partial charge < -0.3 is 9.84 Å². The number of aromatic nitrogens is 2. The molecular weight excluding hydrogens is 332 g/mol. The van der Waals surface area contributed by atoms with E-state index in [4.69, 9.17) is 21.4 Å². The van der Waals surface area contributed by atoms with Crippen molar-refractivity contribution in [3.8, 4) is 5.75 Å². The number of carbonyl (C=O) groups excluding carboxylic acids is 1. The Balaban J connectivity index is 2.15. The van der Waals surface area contributed by atoms with Gasteiger partial charge in [0.2, 0.25) is 0 Å². The maximum Gasteiger partial charge on any atom is 0.309 e. The highest BCUT2D eigenvalue weighted by Gasteiger charge is 2.19. The van der Waals surface area contributed by atoms with Gasteiger partial charge in [-0.15, -0.1) is 0 Å². The Hall–Kier alpha value is -2.86. The van der Waals surface area contributed by atoms with Gasteiger partial charge >= 0.3 is 5.97 Å². The standard InChI is InChI=1S/C17H13ClN2O4/c1-24-12-6-7-15-13(8-12)14(9-16(21)22)19-20(15)17(23)10-2-4-11(18)5-3-10/h2-8H,9H2,1H3,(H,21,22). The number of nitrogens with zero attached hydrogens (tertiary/aromatic N) is 2. The molecule has 0 saturated heterocycles. The number of carbonyl (C=O) groups is 2. The number of carboxylic acids is 1. The molecule has 6 nitrogen and oxygen atoms in total. The average Bonchev–Trinajstić information content (AvgIpc) is 2.92. The van der Waals surface area contributed by atoms with Gasteiger partial charge in [0.05, 0.1) is 24.7 Å². The molecule has 24 heavy (non-hydrogen) atoms. The van der Waals surface area contributed by atoms with E-state index in [0.717, 1.165) is 0 Å². The minimum Gasteiger partial charge on any atom is -0.497 e. The fourth-order valence-electron chi connectivity index (χ4n) is 2.43. The van der Waals surface area contributed by atoms with Gasteiger partial charge in [0.15, 0.2) is 0 Å². The molecule has 0 fully saturated rings. The normalized spacial score (nSPS) is 10.8. The number of benzene rings is 2. The SMILES string of the molecule is COc1ccc2c(c1)c(CC(=O)O)nn2C(=O)c1ccc(Cl)cc1. The van der Waals surface area contributed by atoms with Crippen molar-refractivity contribution >= 4 is 34.4 Å². The Labute approximate surface area is 142 Å². The number of hydrogen-bond donors (Lipinski definition) is 1. The molecule has 1 heterocycles. The number of hydrogen-bond acceptors (Lipinski definition) is 4. The zero-order chi connectivity index (χ0) is 17.3. The van der Waals surface area contributed by atoms with Crippen molar-refractivity contribution in [3.05, 3.63) is 58.7 Å². The van der Waals surface area contributed by atoms with Gasteiger partial charge in [-0.3, -0.25) is 9.59 Å². The largest absolute Gasteiger partial charge is 0.497 e. The van der Waals surface area contributed by atoms with E-state index in [1.807, 2.05) is 0 Å². The maximum absolute atomic E-state index is 12.7. The van der Waals surface area contributed by atoms with Crippen LogP contribution in [0.2, 0.25) is 5.02 Å². The first-order valence-corrected chi connectivity index (χ1v) is 7.45. The number of ether oxygens (including phenoxy) is 1. The summed E-state index contributed by atoms with van der Waals surface area (Å²) >= 11 is 5.84. The monoisotopic (exact) mass is 344 g/mol. The third-order valence-electron chi connectivity index (χ3n) is 3.57. The highest BCUT2D eigenvalue weighted by Crippen LogP contribution is 2.25. The number of halogens is 1. The second-order valence-corrected chi connectivity index (χ2v) is 5.56. The van der Waals surface area contributed by atoms with Crippen LogP contribution in [0.3, 0.4) is 0 Å². The number of rotatable bonds is 4. The van der Waals surface area contributed by atoms with Gasteiger partial charge in [-0.05, 0) is 42.5 Å². The third-order valence-corrected chi connectivity index (χ3v) is 3.82. The van der Waals surface area contributed by atoms with Crippen molar-refractivity contribution in [2.75, 3.05) is 7.11 Å². The minimum absolute atomic E-state index is 0.287. The van der Waals surface area contributed by atoms with Gasteiger partial charge in [0.1, 0.15) is 5.75 Å². The fraction of sp³-hybridized carbons (Fsp3) is 0.118. The van der Waals surface area contributed by atoms with Crippen molar-refractivity contribution in [1.29, 1.82) is 0 Å². The first-order valence-electron chi connectivity index (χ1n) is 7.07. The molecule has 0 radical (unpaired) electrons. The molecule has 3 aromatic rings. The van der Waals surface area contributed by atoms with E-state index in [-0.39, 0.29) is 12.3 Å². The van der Waals surface area contributed by atoms with E-state index in [1.54, 1.807) is 42.5 Å². The molecule has 0 saturated carbocycles. The van der Waals surface area contributed by atoms with Gasteiger partial charge in [-0.2, -0.15) is 9.78 Å². The summed E-state index contributed by atoms with van der Waals surface area (Å²) < 4.78 is 6.37. The highest BCUT2D eigenvalue weighted by atomic mass is 35.5. The zero-order valence-corrected chi connectivity index (χ0v) is 13.4. The van der Waals surface area contributed by atoms with Crippen LogP contribution >= 0.6 is 11.6 Å². The van der Waals surface area contributed by atoms with Crippen LogP contribution in [0.15, 0.2) is 42.5 Å². The Morgan fingerprint density at radius 1 is 1.21 bits per heavy atom. The molecule has 1 N–H and O–H groups in total. The van der Waals surface area contributed by atoms with E-state index >= 15 is 0 Å². The van der Waals surface area contributed by atoms with Crippen LogP contribution in [0.25, 0.3) is 10.9 Å². The van der Waals surface area contributed by atoms with Crippen LogP contribution in [0.5, 0.6) is 5.75 Å². The lowest BCUT2D eigenvalue weighted by atomic mass is 10.1. The van der Waals surface area contributed by atoms with Crippen LogP contribution in [0.1, 0.15) is 16.1 Å². The third kappa shape index (κ3) is 2.96. The number of methoxy groups -OCH3 is 1. The molecule has 0 spiro atoms. The topological polar surface area (TPSA) is 81.4 Å². The molecule has 0 amide bonds. The Kier molecular flexibility index (Phi) is 4.22. The zero-order valence-electron chi connectivity index (χ0n) is 12.7. The van der Waals surface area contributed by atoms with Crippen LogP contribution < -0.4 is 4.74 Å². The molecule has 122 valence electrons. The molecule has 2 aromatic carbocycles. The summed E-state index contributed by atoms with van der Waals surface area (Å²) in [4.78, 5) is 23.8. The van der Waals surface area contributed by atoms with E-state index in [0.29, 0.717) is 32.9 Å². The van der Waals surface area contributed by atoms with Crippen LogP contribution in [0, 0.1) is 0 Å². The molecule has 7 heteroatoms. The smallest absolute Gasteiger partial charge is 0.309 e. The summed E-state index contributed by atoms with van der Waals surface area (Å²) in [6.07, 6.45) is -0.287. The fourth-order valence-corrected chi connectivity index (χ4v) is 2.56. The van der Waals surface area contributed by atoms with Crippen molar-refractivity contribution in [1.82, 2.24) is 9.78 Å². The van der Waals surface area contributed by atoms with Crippen molar-refractivity contribution in [2.45, 2.75) is 6.42 Å². The molecule has 1 aromatic heterocycles. The second kappa shape index (κ2) is 6.33. The molecular formula is C17H13ClN2O4.